The second-order valence-electron chi connectivity index (χ2n) is 6.76. The van der Waals surface area contributed by atoms with E-state index in [1.165, 1.54) is 5.56 Å². The van der Waals surface area contributed by atoms with Crippen LogP contribution in [0, 0.1) is 6.92 Å². The van der Waals surface area contributed by atoms with Crippen molar-refractivity contribution >= 4 is 28.9 Å². The van der Waals surface area contributed by atoms with Crippen LogP contribution in [-0.2, 0) is 22.6 Å². The normalized spacial score (nSPS) is 11.6. The van der Waals surface area contributed by atoms with Crippen molar-refractivity contribution in [3.63, 3.8) is 0 Å². The predicted molar refractivity (Wildman–Crippen MR) is 117 cm³/mol. The summed E-state index contributed by atoms with van der Waals surface area (Å²) in [5.41, 5.74) is 2.99. The minimum Gasteiger partial charge on any atom is -0.487 e. The Kier molecular flexibility index (Phi) is 7.19. The summed E-state index contributed by atoms with van der Waals surface area (Å²) >= 11 is 1.56. The Bertz CT molecular complexity index is 1010. The average Bonchev–Trinajstić information content (AvgIpc) is 3.18. The van der Waals surface area contributed by atoms with E-state index >= 15 is 0 Å². The largest absolute Gasteiger partial charge is 0.487 e. The summed E-state index contributed by atoms with van der Waals surface area (Å²) < 4.78 is 11.0. The molecule has 1 aromatic heterocycles. The zero-order valence-corrected chi connectivity index (χ0v) is 18.0. The first-order valence-corrected chi connectivity index (χ1v) is 10.6. The van der Waals surface area contributed by atoms with Gasteiger partial charge in [-0.05, 0) is 56.2 Å². The van der Waals surface area contributed by atoms with E-state index in [1.807, 2.05) is 36.6 Å². The number of nitrogens with one attached hydrogen (secondary N) is 1. The minimum absolute atomic E-state index is 0.314. The fourth-order valence-corrected chi connectivity index (χ4v) is 3.29. The molecule has 0 saturated heterocycles. The van der Waals surface area contributed by atoms with Crippen LogP contribution in [0.2, 0.25) is 0 Å². The van der Waals surface area contributed by atoms with Gasteiger partial charge in [-0.3, -0.25) is 4.79 Å². The maximum Gasteiger partial charge on any atom is 0.339 e. The van der Waals surface area contributed by atoms with E-state index in [2.05, 4.69) is 17.2 Å². The molecule has 7 heteroatoms. The number of amides is 1. The van der Waals surface area contributed by atoms with Crippen molar-refractivity contribution in [2.24, 2.45) is 0 Å². The fourth-order valence-electron chi connectivity index (χ4n) is 2.69. The second kappa shape index (κ2) is 10.0. The number of anilines is 1. The van der Waals surface area contributed by atoms with Gasteiger partial charge in [0.15, 0.2) is 6.10 Å². The molecule has 0 aliphatic carbocycles. The summed E-state index contributed by atoms with van der Waals surface area (Å²) in [7, 11) is 0. The van der Waals surface area contributed by atoms with Crippen LogP contribution in [0.5, 0.6) is 5.75 Å². The molecule has 0 fully saturated rings. The number of aryl methyl sites for hydroxylation is 2. The SMILES string of the molecule is CCc1ccc(NC(=O)C(C)OC(=O)c2cccc(OCc3csc(C)n3)c2)cc1. The van der Waals surface area contributed by atoms with Gasteiger partial charge >= 0.3 is 5.97 Å². The van der Waals surface area contributed by atoms with Crippen molar-refractivity contribution in [2.45, 2.75) is 39.9 Å². The number of carbonyl (C=O) groups excluding carboxylic acids is 2. The first-order valence-electron chi connectivity index (χ1n) is 9.69. The van der Waals surface area contributed by atoms with Gasteiger partial charge < -0.3 is 14.8 Å². The average molecular weight is 425 g/mol. The van der Waals surface area contributed by atoms with Crippen molar-refractivity contribution in [1.29, 1.82) is 0 Å². The molecule has 0 aliphatic rings. The van der Waals surface area contributed by atoms with Gasteiger partial charge in [0.2, 0.25) is 0 Å². The Labute approximate surface area is 179 Å². The number of benzene rings is 2. The number of hydrogen-bond donors (Lipinski definition) is 1. The smallest absolute Gasteiger partial charge is 0.339 e. The number of aromatic nitrogens is 1. The molecular formula is C23H24N2O4S. The third-order valence-electron chi connectivity index (χ3n) is 4.41. The van der Waals surface area contributed by atoms with E-state index in [0.717, 1.165) is 17.1 Å². The number of esters is 1. The molecule has 2 aromatic carbocycles. The van der Waals surface area contributed by atoms with Gasteiger partial charge in [-0.1, -0.05) is 25.1 Å². The highest BCUT2D eigenvalue weighted by Crippen LogP contribution is 2.18. The third kappa shape index (κ3) is 5.90. The number of thiazole rings is 1. The lowest BCUT2D eigenvalue weighted by Gasteiger charge is -2.14. The Morgan fingerprint density at radius 1 is 1.17 bits per heavy atom. The molecule has 1 heterocycles. The van der Waals surface area contributed by atoms with Gasteiger partial charge in [0.05, 0.1) is 16.3 Å². The van der Waals surface area contributed by atoms with Crippen LogP contribution in [0.1, 0.15) is 40.5 Å². The lowest BCUT2D eigenvalue weighted by atomic mass is 10.1. The number of nitrogens with zero attached hydrogens (tertiary/aromatic N) is 1. The Hall–Kier alpha value is -3.19. The van der Waals surface area contributed by atoms with E-state index in [4.69, 9.17) is 9.47 Å². The summed E-state index contributed by atoms with van der Waals surface area (Å²) in [5.74, 6) is -0.448. The van der Waals surface area contributed by atoms with Gasteiger partial charge in [-0.15, -0.1) is 11.3 Å². The summed E-state index contributed by atoms with van der Waals surface area (Å²) in [4.78, 5) is 29.1. The number of carbonyl (C=O) groups is 2. The highest BCUT2D eigenvalue weighted by Gasteiger charge is 2.19. The second-order valence-corrected chi connectivity index (χ2v) is 7.82. The van der Waals surface area contributed by atoms with Gasteiger partial charge in [0.1, 0.15) is 12.4 Å². The Balaban J connectivity index is 1.55. The topological polar surface area (TPSA) is 77.5 Å². The van der Waals surface area contributed by atoms with Gasteiger partial charge in [-0.25, -0.2) is 9.78 Å². The van der Waals surface area contributed by atoms with Gasteiger partial charge in [0, 0.05) is 11.1 Å². The zero-order chi connectivity index (χ0) is 21.5. The van der Waals surface area contributed by atoms with E-state index in [1.54, 1.807) is 42.5 Å². The van der Waals surface area contributed by atoms with Crippen LogP contribution < -0.4 is 10.1 Å². The van der Waals surface area contributed by atoms with Crippen molar-refractivity contribution in [3.8, 4) is 5.75 Å². The molecule has 1 atom stereocenters. The molecule has 0 aliphatic heterocycles. The van der Waals surface area contributed by atoms with E-state index in [-0.39, 0.29) is 5.91 Å². The van der Waals surface area contributed by atoms with Crippen LogP contribution in [0.25, 0.3) is 0 Å². The molecule has 156 valence electrons. The standard InChI is InChI=1S/C23H24N2O4S/c1-4-17-8-10-19(11-9-17)25-22(26)15(2)29-23(27)18-6-5-7-21(12-18)28-13-20-14-30-16(3)24-20/h5-12,14-15H,4,13H2,1-3H3,(H,25,26). The molecule has 1 unspecified atom stereocenters. The third-order valence-corrected chi connectivity index (χ3v) is 5.23. The first kappa shape index (κ1) is 21.5. The highest BCUT2D eigenvalue weighted by atomic mass is 32.1. The highest BCUT2D eigenvalue weighted by molar-refractivity contribution is 7.09. The van der Waals surface area contributed by atoms with Crippen LogP contribution in [-0.4, -0.2) is 23.0 Å². The quantitative estimate of drug-likeness (QED) is 0.527. The molecule has 1 N–H and O–H groups in total. The molecule has 6 nitrogen and oxygen atoms in total. The summed E-state index contributed by atoms with van der Waals surface area (Å²) in [6.07, 6.45) is -0.0139. The molecular weight excluding hydrogens is 400 g/mol. The first-order chi connectivity index (χ1) is 14.4. The van der Waals surface area contributed by atoms with Crippen molar-refractivity contribution < 1.29 is 19.1 Å². The van der Waals surface area contributed by atoms with Crippen molar-refractivity contribution in [2.75, 3.05) is 5.32 Å². The van der Waals surface area contributed by atoms with Crippen LogP contribution in [0.4, 0.5) is 5.69 Å². The minimum atomic E-state index is -0.939. The molecule has 1 amide bonds. The van der Waals surface area contributed by atoms with Crippen LogP contribution in [0.3, 0.4) is 0 Å². The monoisotopic (exact) mass is 424 g/mol. The molecule has 3 rings (SSSR count). The Morgan fingerprint density at radius 2 is 1.93 bits per heavy atom. The summed E-state index contributed by atoms with van der Waals surface area (Å²) in [6.45, 7) is 5.86. The maximum absolute atomic E-state index is 12.5. The molecule has 3 aromatic rings. The van der Waals surface area contributed by atoms with Crippen LogP contribution >= 0.6 is 11.3 Å². The lowest BCUT2D eigenvalue weighted by molar-refractivity contribution is -0.123. The van der Waals surface area contributed by atoms with E-state index in [0.29, 0.717) is 23.6 Å². The number of hydrogen-bond acceptors (Lipinski definition) is 6. The van der Waals surface area contributed by atoms with E-state index < -0.39 is 12.1 Å². The van der Waals surface area contributed by atoms with Gasteiger partial charge in [-0.2, -0.15) is 0 Å². The van der Waals surface area contributed by atoms with Crippen molar-refractivity contribution in [1.82, 2.24) is 4.98 Å². The molecule has 0 radical (unpaired) electrons. The molecule has 0 spiro atoms. The summed E-state index contributed by atoms with van der Waals surface area (Å²) in [6, 6.07) is 14.2. The maximum atomic E-state index is 12.5. The fraction of sp³-hybridized carbons (Fsp3) is 0.261. The Morgan fingerprint density at radius 3 is 2.60 bits per heavy atom. The van der Waals surface area contributed by atoms with Crippen molar-refractivity contribution in [3.05, 3.63) is 75.7 Å². The molecule has 30 heavy (non-hydrogen) atoms. The van der Waals surface area contributed by atoms with Gasteiger partial charge in [0.25, 0.3) is 5.91 Å². The number of ether oxygens (including phenoxy) is 2. The molecule has 0 bridgehead atoms. The predicted octanol–water partition coefficient (Wildman–Crippen LogP) is 4.78. The summed E-state index contributed by atoms with van der Waals surface area (Å²) in [5, 5.41) is 5.66. The zero-order valence-electron chi connectivity index (χ0n) is 17.2. The lowest BCUT2D eigenvalue weighted by Crippen LogP contribution is -2.30. The molecule has 0 saturated carbocycles. The van der Waals surface area contributed by atoms with E-state index in [9.17, 15) is 9.59 Å². The van der Waals surface area contributed by atoms with Crippen LogP contribution in [0.15, 0.2) is 53.9 Å². The number of rotatable bonds is 8.